The van der Waals surface area contributed by atoms with E-state index in [0.29, 0.717) is 18.1 Å². The van der Waals surface area contributed by atoms with Crippen molar-refractivity contribution in [3.8, 4) is 0 Å². The normalized spacial score (nSPS) is 12.9. The van der Waals surface area contributed by atoms with Crippen molar-refractivity contribution in [3.05, 3.63) is 59.0 Å². The number of aryl methyl sites for hydroxylation is 1. The standard InChI is InChI=1S/C16H20O2/c1-11(2)14-6-4-13(5-7-14)10-15(17)16-12(3)8-9-18-16/h4-9,11,15,17H,10H2,1-3H3. The van der Waals surface area contributed by atoms with Gasteiger partial charge in [0.25, 0.3) is 0 Å². The van der Waals surface area contributed by atoms with Crippen LogP contribution in [0.4, 0.5) is 0 Å². The molecule has 0 fully saturated rings. The Labute approximate surface area is 108 Å². The molecule has 2 nitrogen and oxygen atoms in total. The molecule has 1 aromatic carbocycles. The van der Waals surface area contributed by atoms with E-state index in [1.807, 2.05) is 13.0 Å². The summed E-state index contributed by atoms with van der Waals surface area (Å²) >= 11 is 0. The second-order valence-corrected chi connectivity index (χ2v) is 5.08. The van der Waals surface area contributed by atoms with Crippen molar-refractivity contribution >= 4 is 0 Å². The molecule has 2 aromatic rings. The van der Waals surface area contributed by atoms with E-state index in [1.54, 1.807) is 6.26 Å². The molecule has 1 N–H and O–H groups in total. The fourth-order valence-electron chi connectivity index (χ4n) is 2.08. The lowest BCUT2D eigenvalue weighted by Crippen LogP contribution is -2.02. The van der Waals surface area contributed by atoms with Crippen LogP contribution in [-0.2, 0) is 6.42 Å². The molecule has 0 aliphatic heterocycles. The van der Waals surface area contributed by atoms with Gasteiger partial charge in [-0.3, -0.25) is 0 Å². The van der Waals surface area contributed by atoms with Crippen molar-refractivity contribution in [3.63, 3.8) is 0 Å². The summed E-state index contributed by atoms with van der Waals surface area (Å²) in [6.45, 7) is 6.30. The van der Waals surface area contributed by atoms with E-state index in [2.05, 4.69) is 38.1 Å². The van der Waals surface area contributed by atoms with Gasteiger partial charge in [0.05, 0.1) is 6.26 Å². The van der Waals surface area contributed by atoms with Crippen LogP contribution in [0.2, 0.25) is 0 Å². The Hall–Kier alpha value is -1.54. The maximum atomic E-state index is 10.1. The minimum atomic E-state index is -0.565. The number of aliphatic hydroxyl groups is 1. The van der Waals surface area contributed by atoms with Crippen LogP contribution in [0.3, 0.4) is 0 Å². The number of benzene rings is 1. The van der Waals surface area contributed by atoms with Gasteiger partial charge in [-0.05, 0) is 35.6 Å². The Morgan fingerprint density at radius 2 is 1.78 bits per heavy atom. The van der Waals surface area contributed by atoms with E-state index in [-0.39, 0.29) is 0 Å². The first kappa shape index (κ1) is 12.9. The molecule has 0 aliphatic carbocycles. The molecule has 0 radical (unpaired) electrons. The molecular weight excluding hydrogens is 224 g/mol. The highest BCUT2D eigenvalue weighted by atomic mass is 16.4. The molecule has 0 bridgehead atoms. The molecule has 1 heterocycles. The van der Waals surface area contributed by atoms with Crippen LogP contribution >= 0.6 is 0 Å². The van der Waals surface area contributed by atoms with Crippen LogP contribution in [-0.4, -0.2) is 5.11 Å². The van der Waals surface area contributed by atoms with E-state index < -0.39 is 6.10 Å². The molecule has 2 heteroatoms. The van der Waals surface area contributed by atoms with Crippen LogP contribution in [0.15, 0.2) is 41.0 Å². The van der Waals surface area contributed by atoms with E-state index in [9.17, 15) is 5.11 Å². The van der Waals surface area contributed by atoms with E-state index in [0.717, 1.165) is 11.1 Å². The second-order valence-electron chi connectivity index (χ2n) is 5.08. The molecule has 1 atom stereocenters. The van der Waals surface area contributed by atoms with Gasteiger partial charge in [-0.25, -0.2) is 0 Å². The van der Waals surface area contributed by atoms with Crippen molar-refractivity contribution in [2.24, 2.45) is 0 Å². The third-order valence-electron chi connectivity index (χ3n) is 3.28. The summed E-state index contributed by atoms with van der Waals surface area (Å²) in [7, 11) is 0. The molecule has 18 heavy (non-hydrogen) atoms. The van der Waals surface area contributed by atoms with E-state index in [4.69, 9.17) is 4.42 Å². The van der Waals surface area contributed by atoms with Gasteiger partial charge in [0, 0.05) is 6.42 Å². The highest BCUT2D eigenvalue weighted by Gasteiger charge is 2.14. The predicted molar refractivity (Wildman–Crippen MR) is 72.6 cm³/mol. The molecule has 2 rings (SSSR count). The first-order valence-electron chi connectivity index (χ1n) is 6.39. The highest BCUT2D eigenvalue weighted by Crippen LogP contribution is 2.23. The summed E-state index contributed by atoms with van der Waals surface area (Å²) in [6, 6.07) is 10.3. The lowest BCUT2D eigenvalue weighted by atomic mass is 9.99. The van der Waals surface area contributed by atoms with Gasteiger partial charge in [-0.1, -0.05) is 38.1 Å². The van der Waals surface area contributed by atoms with Gasteiger partial charge in [0.15, 0.2) is 0 Å². The summed E-state index contributed by atoms with van der Waals surface area (Å²) < 4.78 is 5.31. The lowest BCUT2D eigenvalue weighted by Gasteiger charge is -2.11. The maximum Gasteiger partial charge on any atom is 0.135 e. The van der Waals surface area contributed by atoms with Gasteiger partial charge >= 0.3 is 0 Å². The van der Waals surface area contributed by atoms with Gasteiger partial charge in [-0.15, -0.1) is 0 Å². The molecule has 0 saturated heterocycles. The van der Waals surface area contributed by atoms with Crippen molar-refractivity contribution in [1.29, 1.82) is 0 Å². The summed E-state index contributed by atoms with van der Waals surface area (Å²) in [5.74, 6) is 1.21. The van der Waals surface area contributed by atoms with E-state index in [1.165, 1.54) is 5.56 Å². The summed E-state index contributed by atoms with van der Waals surface area (Å²) in [5, 5.41) is 10.1. The third kappa shape index (κ3) is 2.82. The number of aliphatic hydroxyl groups excluding tert-OH is 1. The SMILES string of the molecule is Cc1ccoc1C(O)Cc1ccc(C(C)C)cc1. The molecule has 96 valence electrons. The van der Waals surface area contributed by atoms with Gasteiger partial charge in [0.2, 0.25) is 0 Å². The molecule has 0 spiro atoms. The fraction of sp³-hybridized carbons (Fsp3) is 0.375. The van der Waals surface area contributed by atoms with Crippen LogP contribution in [0.25, 0.3) is 0 Å². The monoisotopic (exact) mass is 244 g/mol. The smallest absolute Gasteiger partial charge is 0.135 e. The van der Waals surface area contributed by atoms with Gasteiger partial charge in [0.1, 0.15) is 11.9 Å². The minimum Gasteiger partial charge on any atom is -0.466 e. The Morgan fingerprint density at radius 3 is 2.28 bits per heavy atom. The van der Waals surface area contributed by atoms with Crippen molar-refractivity contribution in [1.82, 2.24) is 0 Å². The van der Waals surface area contributed by atoms with E-state index >= 15 is 0 Å². The van der Waals surface area contributed by atoms with Crippen LogP contribution < -0.4 is 0 Å². The van der Waals surface area contributed by atoms with Crippen LogP contribution in [0.1, 0.15) is 48.3 Å². The summed E-state index contributed by atoms with van der Waals surface area (Å²) in [6.07, 6.45) is 1.65. The fourth-order valence-corrected chi connectivity index (χ4v) is 2.08. The quantitative estimate of drug-likeness (QED) is 0.882. The molecule has 1 aromatic heterocycles. The van der Waals surface area contributed by atoms with Crippen LogP contribution in [0.5, 0.6) is 0 Å². The zero-order valence-corrected chi connectivity index (χ0v) is 11.2. The topological polar surface area (TPSA) is 33.4 Å². The Balaban J connectivity index is 2.08. The number of hydrogen-bond acceptors (Lipinski definition) is 2. The lowest BCUT2D eigenvalue weighted by molar-refractivity contribution is 0.149. The molecule has 0 aliphatic rings. The highest BCUT2D eigenvalue weighted by molar-refractivity contribution is 5.26. The summed E-state index contributed by atoms with van der Waals surface area (Å²) in [5.41, 5.74) is 3.45. The predicted octanol–water partition coefficient (Wildman–Crippen LogP) is 3.99. The Bertz CT molecular complexity index is 494. The maximum absolute atomic E-state index is 10.1. The molecule has 0 amide bonds. The zero-order chi connectivity index (χ0) is 13.1. The Morgan fingerprint density at radius 1 is 1.11 bits per heavy atom. The van der Waals surface area contributed by atoms with Crippen molar-refractivity contribution < 1.29 is 9.52 Å². The number of hydrogen-bond donors (Lipinski definition) is 1. The van der Waals surface area contributed by atoms with Crippen molar-refractivity contribution in [2.75, 3.05) is 0 Å². The molecular formula is C16H20O2. The minimum absolute atomic E-state index is 0.538. The number of rotatable bonds is 4. The van der Waals surface area contributed by atoms with Gasteiger partial charge in [-0.2, -0.15) is 0 Å². The summed E-state index contributed by atoms with van der Waals surface area (Å²) in [4.78, 5) is 0. The first-order chi connectivity index (χ1) is 8.58. The van der Waals surface area contributed by atoms with Crippen molar-refractivity contribution in [2.45, 2.75) is 39.2 Å². The zero-order valence-electron chi connectivity index (χ0n) is 11.2. The van der Waals surface area contributed by atoms with Crippen LogP contribution in [0, 0.1) is 6.92 Å². The largest absolute Gasteiger partial charge is 0.466 e. The third-order valence-corrected chi connectivity index (χ3v) is 3.28. The second kappa shape index (κ2) is 5.40. The Kier molecular flexibility index (Phi) is 3.87. The van der Waals surface area contributed by atoms with Gasteiger partial charge < -0.3 is 9.52 Å². The first-order valence-corrected chi connectivity index (χ1v) is 6.39. The molecule has 1 unspecified atom stereocenters. The number of furan rings is 1. The average molecular weight is 244 g/mol. The molecule has 0 saturated carbocycles. The average Bonchev–Trinajstić information content (AvgIpc) is 2.76.